The molecular formula is C38H45N3O5S. The number of carbonyl (C=O) groups excluding carboxylic acids is 2. The molecule has 0 aliphatic rings. The highest BCUT2D eigenvalue weighted by Crippen LogP contribution is 2.27. The zero-order chi connectivity index (χ0) is 34.2. The van der Waals surface area contributed by atoms with Gasteiger partial charge in [0.25, 0.3) is 10.0 Å². The van der Waals surface area contributed by atoms with Crippen LogP contribution in [0.2, 0.25) is 0 Å². The lowest BCUT2D eigenvalue weighted by atomic mass is 10.00. The lowest BCUT2D eigenvalue weighted by Gasteiger charge is -2.35. The molecule has 0 spiro atoms. The smallest absolute Gasteiger partial charge is 0.264 e. The molecule has 47 heavy (non-hydrogen) atoms. The Morgan fingerprint density at radius 3 is 2.04 bits per heavy atom. The van der Waals surface area contributed by atoms with E-state index in [-0.39, 0.29) is 23.8 Å². The van der Waals surface area contributed by atoms with Gasteiger partial charge in [-0.05, 0) is 94.6 Å². The van der Waals surface area contributed by atoms with Crippen molar-refractivity contribution in [3.63, 3.8) is 0 Å². The minimum absolute atomic E-state index is 0.0195. The average molecular weight is 656 g/mol. The zero-order valence-corrected chi connectivity index (χ0v) is 28.9. The van der Waals surface area contributed by atoms with Crippen LogP contribution in [0.25, 0.3) is 0 Å². The van der Waals surface area contributed by atoms with Crippen LogP contribution in [0, 0.1) is 13.8 Å². The van der Waals surface area contributed by atoms with E-state index < -0.39 is 34.1 Å². The Morgan fingerprint density at radius 2 is 1.45 bits per heavy atom. The van der Waals surface area contributed by atoms with Crippen LogP contribution < -0.4 is 14.4 Å². The second kappa shape index (κ2) is 15.3. The third kappa shape index (κ3) is 9.45. The number of benzene rings is 4. The van der Waals surface area contributed by atoms with Crippen molar-refractivity contribution in [1.82, 2.24) is 10.2 Å². The first-order chi connectivity index (χ1) is 22.3. The Labute approximate surface area is 279 Å². The molecule has 1 atom stereocenters. The van der Waals surface area contributed by atoms with Crippen LogP contribution in [-0.4, -0.2) is 49.9 Å². The summed E-state index contributed by atoms with van der Waals surface area (Å²) < 4.78 is 35.2. The van der Waals surface area contributed by atoms with Crippen LogP contribution in [0.3, 0.4) is 0 Å². The van der Waals surface area contributed by atoms with Gasteiger partial charge >= 0.3 is 0 Å². The minimum Gasteiger partial charge on any atom is -0.494 e. The van der Waals surface area contributed by atoms with Crippen LogP contribution in [0.15, 0.2) is 108 Å². The molecule has 1 unspecified atom stereocenters. The quantitative estimate of drug-likeness (QED) is 0.179. The third-order valence-electron chi connectivity index (χ3n) is 7.69. The van der Waals surface area contributed by atoms with E-state index in [1.54, 1.807) is 36.4 Å². The fraction of sp³-hybridized carbons (Fsp3) is 0.316. The van der Waals surface area contributed by atoms with E-state index >= 15 is 0 Å². The molecule has 0 heterocycles. The number of ether oxygens (including phenoxy) is 1. The lowest BCUT2D eigenvalue weighted by molar-refractivity contribution is -0.140. The molecule has 0 saturated carbocycles. The maximum atomic E-state index is 14.6. The molecule has 4 aromatic carbocycles. The lowest BCUT2D eigenvalue weighted by Crippen LogP contribution is -2.56. The van der Waals surface area contributed by atoms with E-state index in [0.29, 0.717) is 18.0 Å². The maximum absolute atomic E-state index is 14.6. The van der Waals surface area contributed by atoms with E-state index in [4.69, 9.17) is 4.74 Å². The van der Waals surface area contributed by atoms with Crippen molar-refractivity contribution >= 4 is 27.5 Å². The monoisotopic (exact) mass is 655 g/mol. The van der Waals surface area contributed by atoms with E-state index in [1.807, 2.05) is 96.1 Å². The molecule has 0 aliphatic heterocycles. The van der Waals surface area contributed by atoms with Gasteiger partial charge in [0.1, 0.15) is 18.3 Å². The number of carbonyl (C=O) groups is 2. The van der Waals surface area contributed by atoms with Crippen LogP contribution in [-0.2, 0) is 32.6 Å². The summed E-state index contributed by atoms with van der Waals surface area (Å²) in [6.45, 7) is 11.4. The normalized spacial score (nSPS) is 12.2. The minimum atomic E-state index is -4.21. The molecule has 0 aromatic heterocycles. The molecule has 4 aromatic rings. The number of anilines is 1. The number of amides is 2. The largest absolute Gasteiger partial charge is 0.494 e. The van der Waals surface area contributed by atoms with Crippen molar-refractivity contribution < 1.29 is 22.7 Å². The highest BCUT2D eigenvalue weighted by molar-refractivity contribution is 7.92. The fourth-order valence-electron chi connectivity index (χ4n) is 5.22. The number of rotatable bonds is 13. The summed E-state index contributed by atoms with van der Waals surface area (Å²) >= 11 is 0. The molecule has 1 N–H and O–H groups in total. The second-order valence-corrected chi connectivity index (χ2v) is 14.5. The van der Waals surface area contributed by atoms with Crippen molar-refractivity contribution in [3.05, 3.63) is 125 Å². The van der Waals surface area contributed by atoms with Crippen molar-refractivity contribution in [2.45, 2.75) is 71.0 Å². The summed E-state index contributed by atoms with van der Waals surface area (Å²) in [5.74, 6) is -0.282. The first-order valence-electron chi connectivity index (χ1n) is 15.8. The van der Waals surface area contributed by atoms with Gasteiger partial charge in [0.05, 0.1) is 17.2 Å². The fourth-order valence-corrected chi connectivity index (χ4v) is 6.63. The van der Waals surface area contributed by atoms with Gasteiger partial charge in [-0.2, -0.15) is 0 Å². The molecule has 0 bridgehead atoms. The Bertz CT molecular complexity index is 1750. The number of nitrogens with one attached hydrogen (secondary N) is 1. The van der Waals surface area contributed by atoms with Crippen LogP contribution in [0.1, 0.15) is 49.9 Å². The molecule has 0 aliphatic carbocycles. The zero-order valence-electron chi connectivity index (χ0n) is 28.1. The van der Waals surface area contributed by atoms with Crippen molar-refractivity contribution in [2.75, 3.05) is 17.5 Å². The van der Waals surface area contributed by atoms with Crippen molar-refractivity contribution in [1.29, 1.82) is 0 Å². The molecule has 9 heteroatoms. The summed E-state index contributed by atoms with van der Waals surface area (Å²) in [6, 6.07) is 29.4. The van der Waals surface area contributed by atoms with Crippen LogP contribution in [0.5, 0.6) is 5.75 Å². The molecule has 8 nitrogen and oxygen atoms in total. The standard InChI is InChI=1S/C38H45N3O5S/c1-7-46-33-21-23-34(24-22-33)47(44,45)41(32-19-17-28(2)18-20-32)27-36(42)40(26-31-16-12-11-13-29(31)3)35(37(43)39-38(4,5)6)25-30-14-9-8-10-15-30/h8-24,35H,7,25-27H2,1-6H3,(H,39,43). The first-order valence-corrected chi connectivity index (χ1v) is 17.2. The van der Waals surface area contributed by atoms with Gasteiger partial charge in [-0.3, -0.25) is 13.9 Å². The van der Waals surface area contributed by atoms with Gasteiger partial charge in [0.15, 0.2) is 0 Å². The van der Waals surface area contributed by atoms with E-state index in [1.165, 1.54) is 17.0 Å². The van der Waals surface area contributed by atoms with Gasteiger partial charge in [0.2, 0.25) is 11.8 Å². The molecule has 0 saturated heterocycles. The van der Waals surface area contributed by atoms with Gasteiger partial charge < -0.3 is 15.0 Å². The Morgan fingerprint density at radius 1 is 0.830 bits per heavy atom. The van der Waals surface area contributed by atoms with Gasteiger partial charge in [0, 0.05) is 18.5 Å². The summed E-state index contributed by atoms with van der Waals surface area (Å²) in [6.07, 6.45) is 0.247. The van der Waals surface area contributed by atoms with Crippen LogP contribution in [0.4, 0.5) is 5.69 Å². The van der Waals surface area contributed by atoms with E-state index in [0.717, 1.165) is 26.6 Å². The first kappa shape index (κ1) is 35.2. The number of aryl methyl sites for hydroxylation is 2. The summed E-state index contributed by atoms with van der Waals surface area (Å²) in [7, 11) is -4.21. The topological polar surface area (TPSA) is 96.0 Å². The SMILES string of the molecule is CCOc1ccc(S(=O)(=O)N(CC(=O)N(Cc2ccccc2C)C(Cc2ccccc2)C(=O)NC(C)(C)C)c2ccc(C)cc2)cc1. The molecule has 2 amide bonds. The van der Waals surface area contributed by atoms with Gasteiger partial charge in [-0.25, -0.2) is 8.42 Å². The Kier molecular flexibility index (Phi) is 11.5. The predicted octanol–water partition coefficient (Wildman–Crippen LogP) is 6.45. The number of hydrogen-bond donors (Lipinski definition) is 1. The van der Waals surface area contributed by atoms with Crippen LogP contribution >= 0.6 is 0 Å². The van der Waals surface area contributed by atoms with Gasteiger partial charge in [-0.1, -0.05) is 72.3 Å². The van der Waals surface area contributed by atoms with E-state index in [9.17, 15) is 18.0 Å². The molecule has 0 radical (unpaired) electrons. The number of sulfonamides is 1. The third-order valence-corrected chi connectivity index (χ3v) is 9.48. The summed E-state index contributed by atoms with van der Waals surface area (Å²) in [5, 5.41) is 3.06. The highest BCUT2D eigenvalue weighted by Gasteiger charge is 2.35. The summed E-state index contributed by atoms with van der Waals surface area (Å²) in [4.78, 5) is 30.2. The van der Waals surface area contributed by atoms with Gasteiger partial charge in [-0.15, -0.1) is 0 Å². The molecule has 248 valence electrons. The molecule has 0 fully saturated rings. The maximum Gasteiger partial charge on any atom is 0.264 e. The molecular weight excluding hydrogens is 611 g/mol. The average Bonchev–Trinajstić information content (AvgIpc) is 3.03. The number of hydrogen-bond acceptors (Lipinski definition) is 5. The molecule has 4 rings (SSSR count). The Balaban J connectivity index is 1.81. The van der Waals surface area contributed by atoms with E-state index in [2.05, 4.69) is 5.32 Å². The Hall–Kier alpha value is -4.63. The van der Waals surface area contributed by atoms with Crippen molar-refractivity contribution in [3.8, 4) is 5.75 Å². The van der Waals surface area contributed by atoms with Crippen molar-refractivity contribution in [2.24, 2.45) is 0 Å². The highest BCUT2D eigenvalue weighted by atomic mass is 32.2. The summed E-state index contributed by atoms with van der Waals surface area (Å²) in [5.41, 5.74) is 3.42. The number of nitrogens with zero attached hydrogens (tertiary/aromatic N) is 2. The second-order valence-electron chi connectivity index (χ2n) is 12.6. The predicted molar refractivity (Wildman–Crippen MR) is 187 cm³/mol.